The molecule has 0 aliphatic rings. The second-order valence-electron chi connectivity index (χ2n) is 3.94. The second-order valence-corrected chi connectivity index (χ2v) is 3.94. The number of benzene rings is 3. The van der Waals surface area contributed by atoms with Gasteiger partial charge in [0, 0.05) is 10.8 Å². The van der Waals surface area contributed by atoms with Crippen LogP contribution in [0, 0.1) is 0 Å². The zero-order valence-corrected chi connectivity index (χ0v) is 8.44. The van der Waals surface area contributed by atoms with E-state index in [9.17, 15) is 0 Å². The standard InChI is InChI=1S/C14H8O2/c1-3-9-7-8-10-4-2-6-12-14(10)13(9)11(5-1)15-16-12/h1-8H. The van der Waals surface area contributed by atoms with Crippen molar-refractivity contribution in [3.63, 3.8) is 0 Å². The van der Waals surface area contributed by atoms with Gasteiger partial charge in [0.25, 0.3) is 0 Å². The Morgan fingerprint density at radius 1 is 0.562 bits per heavy atom. The Balaban J connectivity index is 2.51. The second kappa shape index (κ2) is 2.67. The van der Waals surface area contributed by atoms with Gasteiger partial charge in [-0.05, 0) is 22.9 Å². The van der Waals surface area contributed by atoms with Crippen LogP contribution in [0.15, 0.2) is 57.7 Å². The van der Waals surface area contributed by atoms with Crippen molar-refractivity contribution in [2.75, 3.05) is 0 Å². The molecule has 2 nitrogen and oxygen atoms in total. The molecule has 0 saturated heterocycles. The highest BCUT2D eigenvalue weighted by atomic mass is 17.0. The Bertz CT molecular complexity index is 675. The third kappa shape index (κ3) is 0.865. The van der Waals surface area contributed by atoms with Crippen LogP contribution in [0.5, 0.6) is 0 Å². The van der Waals surface area contributed by atoms with Crippen molar-refractivity contribution in [3.05, 3.63) is 48.5 Å². The van der Waals surface area contributed by atoms with Crippen molar-refractivity contribution in [3.8, 4) is 0 Å². The summed E-state index contributed by atoms with van der Waals surface area (Å²) in [4.78, 5) is 0. The molecule has 0 unspecified atom stereocenters. The third-order valence-electron chi connectivity index (χ3n) is 3.03. The summed E-state index contributed by atoms with van der Waals surface area (Å²) in [5.74, 6) is 0. The fourth-order valence-electron chi connectivity index (χ4n) is 2.32. The molecular formula is C14H8O2. The summed E-state index contributed by atoms with van der Waals surface area (Å²) < 4.78 is 10.6. The summed E-state index contributed by atoms with van der Waals surface area (Å²) in [5.41, 5.74) is 1.59. The van der Waals surface area contributed by atoms with Gasteiger partial charge in [0.1, 0.15) is 0 Å². The van der Waals surface area contributed by atoms with Crippen LogP contribution in [0.1, 0.15) is 0 Å². The Kier molecular flexibility index (Phi) is 1.33. The predicted octanol–water partition coefficient (Wildman–Crippen LogP) is 4.33. The number of rotatable bonds is 0. The van der Waals surface area contributed by atoms with E-state index in [1.165, 1.54) is 10.8 Å². The lowest BCUT2D eigenvalue weighted by atomic mass is 10.0. The topological polar surface area (TPSA) is 26.3 Å². The molecule has 0 radical (unpaired) electrons. The van der Waals surface area contributed by atoms with Gasteiger partial charge in [-0.1, -0.05) is 36.4 Å². The maximum absolute atomic E-state index is 5.29. The fourth-order valence-corrected chi connectivity index (χ4v) is 2.32. The lowest BCUT2D eigenvalue weighted by Gasteiger charge is -2.06. The van der Waals surface area contributed by atoms with Crippen molar-refractivity contribution in [2.45, 2.75) is 0 Å². The van der Waals surface area contributed by atoms with Crippen molar-refractivity contribution in [1.29, 1.82) is 0 Å². The predicted molar refractivity (Wildman–Crippen MR) is 63.5 cm³/mol. The zero-order chi connectivity index (χ0) is 10.5. The third-order valence-corrected chi connectivity index (χ3v) is 3.03. The maximum atomic E-state index is 5.29. The van der Waals surface area contributed by atoms with E-state index >= 15 is 0 Å². The smallest absolute Gasteiger partial charge is 0.187 e. The molecule has 1 heterocycles. The Morgan fingerprint density at radius 3 is 1.56 bits per heavy atom. The normalized spacial score (nSPS) is 11.8. The van der Waals surface area contributed by atoms with E-state index in [1.54, 1.807) is 0 Å². The van der Waals surface area contributed by atoms with Gasteiger partial charge in [0.2, 0.25) is 0 Å². The largest absolute Gasteiger partial charge is 0.289 e. The summed E-state index contributed by atoms with van der Waals surface area (Å²) in [7, 11) is 0. The average molecular weight is 208 g/mol. The van der Waals surface area contributed by atoms with E-state index in [0.29, 0.717) is 0 Å². The summed E-state index contributed by atoms with van der Waals surface area (Å²) >= 11 is 0. The van der Waals surface area contributed by atoms with Crippen LogP contribution in [-0.4, -0.2) is 0 Å². The molecule has 0 fully saturated rings. The molecule has 0 amide bonds. The van der Waals surface area contributed by atoms with E-state index in [2.05, 4.69) is 24.3 Å². The number of hydrogen-bond acceptors (Lipinski definition) is 2. The summed E-state index contributed by atoms with van der Waals surface area (Å²) in [6, 6.07) is 16.2. The van der Waals surface area contributed by atoms with Crippen molar-refractivity contribution < 1.29 is 9.15 Å². The van der Waals surface area contributed by atoms with Gasteiger partial charge in [0.15, 0.2) is 11.2 Å². The molecule has 4 rings (SSSR count). The molecule has 4 aromatic rings. The van der Waals surface area contributed by atoms with Crippen LogP contribution in [0.3, 0.4) is 0 Å². The first-order valence-electron chi connectivity index (χ1n) is 5.22. The quantitative estimate of drug-likeness (QED) is 0.317. The zero-order valence-electron chi connectivity index (χ0n) is 8.44. The fraction of sp³-hybridized carbons (Fsp3) is 0. The van der Waals surface area contributed by atoms with Crippen molar-refractivity contribution >= 4 is 32.7 Å². The lowest BCUT2D eigenvalue weighted by molar-refractivity contribution is 0.0899. The molecule has 0 atom stereocenters. The molecule has 0 aliphatic carbocycles. The van der Waals surface area contributed by atoms with E-state index in [0.717, 1.165) is 21.9 Å². The van der Waals surface area contributed by atoms with Gasteiger partial charge in [-0.2, -0.15) is 0 Å². The molecule has 3 aromatic carbocycles. The van der Waals surface area contributed by atoms with Gasteiger partial charge in [0.05, 0.1) is 0 Å². The van der Waals surface area contributed by atoms with E-state index in [1.807, 2.05) is 24.3 Å². The molecule has 0 aliphatic heterocycles. The first kappa shape index (κ1) is 7.99. The van der Waals surface area contributed by atoms with E-state index < -0.39 is 0 Å². The van der Waals surface area contributed by atoms with E-state index in [-0.39, 0.29) is 0 Å². The monoisotopic (exact) mass is 208 g/mol. The van der Waals surface area contributed by atoms with Crippen LogP contribution >= 0.6 is 0 Å². The molecule has 16 heavy (non-hydrogen) atoms. The van der Waals surface area contributed by atoms with Crippen LogP contribution < -0.4 is 0 Å². The van der Waals surface area contributed by atoms with Crippen molar-refractivity contribution in [1.82, 2.24) is 0 Å². The highest BCUT2D eigenvalue weighted by molar-refractivity contribution is 6.19. The molecule has 0 N–H and O–H groups in total. The first-order chi connectivity index (χ1) is 7.93. The first-order valence-corrected chi connectivity index (χ1v) is 5.22. The minimum atomic E-state index is 0.793. The molecule has 2 heteroatoms. The van der Waals surface area contributed by atoms with Gasteiger partial charge < -0.3 is 0 Å². The average Bonchev–Trinajstić information content (AvgIpc) is 2.36. The van der Waals surface area contributed by atoms with Gasteiger partial charge in [-0.25, -0.2) is 0 Å². The number of hydrogen-bond donors (Lipinski definition) is 0. The lowest BCUT2D eigenvalue weighted by Crippen LogP contribution is -1.82. The summed E-state index contributed by atoms with van der Waals surface area (Å²) in [6.45, 7) is 0. The van der Waals surface area contributed by atoms with Crippen LogP contribution in [0.2, 0.25) is 0 Å². The van der Waals surface area contributed by atoms with Crippen LogP contribution in [0.4, 0.5) is 0 Å². The van der Waals surface area contributed by atoms with Gasteiger partial charge in [-0.15, -0.1) is 0 Å². The Labute approximate surface area is 91.0 Å². The summed E-state index contributed by atoms with van der Waals surface area (Å²) in [5, 5.41) is 4.64. The van der Waals surface area contributed by atoms with Crippen LogP contribution in [-0.2, 0) is 0 Å². The maximum Gasteiger partial charge on any atom is 0.187 e. The SMILES string of the molecule is c1cc2ccc3cccc4ooc(c1)c2c34. The Morgan fingerprint density at radius 2 is 1.06 bits per heavy atom. The van der Waals surface area contributed by atoms with E-state index in [4.69, 9.17) is 9.15 Å². The van der Waals surface area contributed by atoms with Gasteiger partial charge in [-0.3, -0.25) is 9.15 Å². The molecule has 1 aromatic heterocycles. The Hall–Kier alpha value is -2.22. The molecular weight excluding hydrogens is 200 g/mol. The molecule has 76 valence electrons. The van der Waals surface area contributed by atoms with Crippen molar-refractivity contribution in [2.24, 2.45) is 0 Å². The van der Waals surface area contributed by atoms with Crippen LogP contribution in [0.25, 0.3) is 32.7 Å². The molecule has 0 bridgehead atoms. The highest BCUT2D eigenvalue weighted by Crippen LogP contribution is 2.33. The van der Waals surface area contributed by atoms with Gasteiger partial charge >= 0.3 is 0 Å². The minimum Gasteiger partial charge on any atom is -0.289 e. The minimum absolute atomic E-state index is 0.793. The summed E-state index contributed by atoms with van der Waals surface area (Å²) in [6.07, 6.45) is 0. The molecule has 0 saturated carbocycles. The highest BCUT2D eigenvalue weighted by Gasteiger charge is 2.10. The molecule has 0 spiro atoms.